The summed E-state index contributed by atoms with van der Waals surface area (Å²) in [5.74, 6) is 0.503. The average molecular weight is 326 g/mol. The molecule has 2 N–H and O–H groups in total. The number of rotatable bonds is 3. The molecule has 4 nitrogen and oxygen atoms in total. The number of aromatic nitrogens is 1. The van der Waals surface area contributed by atoms with Crippen LogP contribution in [0.15, 0.2) is 18.2 Å². The van der Waals surface area contributed by atoms with Gasteiger partial charge in [0.1, 0.15) is 0 Å². The summed E-state index contributed by atoms with van der Waals surface area (Å²) >= 11 is 1.70. The minimum absolute atomic E-state index is 0. The molecule has 1 fully saturated rings. The first kappa shape index (κ1) is 16.2. The van der Waals surface area contributed by atoms with E-state index in [-0.39, 0.29) is 24.4 Å². The Bertz CT molecular complexity index is 635. The molecule has 1 aliphatic rings. The van der Waals surface area contributed by atoms with Crippen molar-refractivity contribution in [2.24, 2.45) is 0 Å². The Hall–Kier alpha value is -1.17. The second-order valence-electron chi connectivity index (χ2n) is 5.53. The second kappa shape index (κ2) is 6.73. The lowest BCUT2D eigenvalue weighted by Crippen LogP contribution is -2.35. The standard InChI is InChI=1S/C15H19N3OS.ClH/c1-9(2)15-18-11-6-5-10(8-13(11)20-15)17-14(19)12-4-3-7-16-12;/h5-6,8-9,12,16H,3-4,7H2,1-2H3,(H,17,19);1H. The van der Waals surface area contributed by atoms with Gasteiger partial charge in [0.05, 0.1) is 21.3 Å². The highest BCUT2D eigenvalue weighted by Crippen LogP contribution is 2.29. The van der Waals surface area contributed by atoms with Crippen LogP contribution in [0.5, 0.6) is 0 Å². The molecular formula is C15H20ClN3OS. The van der Waals surface area contributed by atoms with E-state index in [0.717, 1.165) is 40.3 Å². The van der Waals surface area contributed by atoms with E-state index < -0.39 is 0 Å². The molecule has 3 rings (SSSR count). The van der Waals surface area contributed by atoms with Gasteiger partial charge in [-0.05, 0) is 37.6 Å². The fourth-order valence-electron chi connectivity index (χ4n) is 2.40. The lowest BCUT2D eigenvalue weighted by atomic mass is 10.2. The topological polar surface area (TPSA) is 54.0 Å². The molecule has 0 spiro atoms. The third-order valence-corrected chi connectivity index (χ3v) is 4.86. The molecule has 0 aliphatic carbocycles. The van der Waals surface area contributed by atoms with E-state index in [1.54, 1.807) is 11.3 Å². The van der Waals surface area contributed by atoms with E-state index in [4.69, 9.17) is 0 Å². The number of fused-ring (bicyclic) bond motifs is 1. The fourth-order valence-corrected chi connectivity index (χ4v) is 3.41. The number of amides is 1. The van der Waals surface area contributed by atoms with Gasteiger partial charge in [0.15, 0.2) is 0 Å². The Balaban J connectivity index is 0.00000161. The highest BCUT2D eigenvalue weighted by atomic mass is 35.5. The Kier molecular flexibility index (Phi) is 5.19. The summed E-state index contributed by atoms with van der Waals surface area (Å²) in [5.41, 5.74) is 1.87. The number of hydrogen-bond donors (Lipinski definition) is 2. The normalized spacial score (nSPS) is 18.0. The minimum Gasteiger partial charge on any atom is -0.325 e. The van der Waals surface area contributed by atoms with Gasteiger partial charge in [-0.3, -0.25) is 4.79 Å². The van der Waals surface area contributed by atoms with Gasteiger partial charge in [-0.2, -0.15) is 0 Å². The van der Waals surface area contributed by atoms with Gasteiger partial charge < -0.3 is 10.6 Å². The van der Waals surface area contributed by atoms with Crippen molar-refractivity contribution in [2.45, 2.75) is 38.6 Å². The number of nitrogens with one attached hydrogen (secondary N) is 2. The molecule has 1 saturated heterocycles. The largest absolute Gasteiger partial charge is 0.325 e. The zero-order valence-electron chi connectivity index (χ0n) is 12.2. The van der Waals surface area contributed by atoms with Crippen molar-refractivity contribution in [2.75, 3.05) is 11.9 Å². The van der Waals surface area contributed by atoms with Gasteiger partial charge in [-0.15, -0.1) is 23.7 Å². The predicted molar refractivity (Wildman–Crippen MR) is 90.6 cm³/mol. The highest BCUT2D eigenvalue weighted by Gasteiger charge is 2.22. The first-order chi connectivity index (χ1) is 9.63. The maximum absolute atomic E-state index is 12.1. The van der Waals surface area contributed by atoms with E-state index in [1.807, 2.05) is 18.2 Å². The number of anilines is 1. The van der Waals surface area contributed by atoms with Gasteiger partial charge >= 0.3 is 0 Å². The Morgan fingerprint density at radius 2 is 2.29 bits per heavy atom. The monoisotopic (exact) mass is 325 g/mol. The smallest absolute Gasteiger partial charge is 0.241 e. The van der Waals surface area contributed by atoms with Crippen molar-refractivity contribution in [3.05, 3.63) is 23.2 Å². The molecule has 1 aromatic carbocycles. The third-order valence-electron chi connectivity index (χ3n) is 3.54. The number of halogens is 1. The van der Waals surface area contributed by atoms with Crippen LogP contribution in [0.4, 0.5) is 5.69 Å². The van der Waals surface area contributed by atoms with E-state index in [2.05, 4.69) is 29.5 Å². The molecule has 0 bridgehead atoms. The van der Waals surface area contributed by atoms with Crippen LogP contribution in [-0.4, -0.2) is 23.5 Å². The summed E-state index contributed by atoms with van der Waals surface area (Å²) in [6.07, 6.45) is 2.00. The van der Waals surface area contributed by atoms with Gasteiger partial charge in [-0.1, -0.05) is 13.8 Å². The van der Waals surface area contributed by atoms with Crippen LogP contribution in [0.2, 0.25) is 0 Å². The molecule has 1 atom stereocenters. The van der Waals surface area contributed by atoms with Crippen LogP contribution in [-0.2, 0) is 4.79 Å². The fraction of sp³-hybridized carbons (Fsp3) is 0.467. The third kappa shape index (κ3) is 3.54. The van der Waals surface area contributed by atoms with E-state index in [9.17, 15) is 4.79 Å². The quantitative estimate of drug-likeness (QED) is 0.907. The van der Waals surface area contributed by atoms with Crippen LogP contribution in [0.3, 0.4) is 0 Å². The van der Waals surface area contributed by atoms with E-state index >= 15 is 0 Å². The van der Waals surface area contributed by atoms with E-state index in [0.29, 0.717) is 5.92 Å². The zero-order chi connectivity index (χ0) is 14.1. The van der Waals surface area contributed by atoms with Crippen molar-refractivity contribution < 1.29 is 4.79 Å². The SMILES string of the molecule is CC(C)c1nc2ccc(NC(=O)C3CCCN3)cc2s1.Cl. The van der Waals surface area contributed by atoms with Gasteiger partial charge in [0, 0.05) is 11.6 Å². The van der Waals surface area contributed by atoms with Gasteiger partial charge in [0.2, 0.25) is 5.91 Å². The van der Waals surface area contributed by atoms with Crippen LogP contribution >= 0.6 is 23.7 Å². The summed E-state index contributed by atoms with van der Waals surface area (Å²) in [7, 11) is 0. The Morgan fingerprint density at radius 3 is 2.95 bits per heavy atom. The average Bonchev–Trinajstić information content (AvgIpc) is 3.07. The summed E-state index contributed by atoms with van der Waals surface area (Å²) in [5, 5.41) is 7.34. The van der Waals surface area contributed by atoms with Gasteiger partial charge in [0.25, 0.3) is 0 Å². The van der Waals surface area contributed by atoms with Gasteiger partial charge in [-0.25, -0.2) is 4.98 Å². The summed E-state index contributed by atoms with van der Waals surface area (Å²) < 4.78 is 1.13. The molecule has 2 aromatic rings. The molecule has 0 saturated carbocycles. The maximum atomic E-state index is 12.1. The second-order valence-corrected chi connectivity index (χ2v) is 6.59. The molecule has 114 valence electrons. The molecule has 0 radical (unpaired) electrons. The molecule has 2 heterocycles. The van der Waals surface area contributed by atoms with Crippen molar-refractivity contribution in [3.8, 4) is 0 Å². The summed E-state index contributed by atoms with van der Waals surface area (Å²) in [6, 6.07) is 5.89. The molecule has 6 heteroatoms. The first-order valence-corrected chi connectivity index (χ1v) is 7.90. The number of carbonyl (C=O) groups is 1. The minimum atomic E-state index is -0.0432. The first-order valence-electron chi connectivity index (χ1n) is 7.08. The number of nitrogens with zero attached hydrogens (tertiary/aromatic N) is 1. The van der Waals surface area contributed by atoms with Crippen molar-refractivity contribution in [3.63, 3.8) is 0 Å². The van der Waals surface area contributed by atoms with Crippen LogP contribution in [0.1, 0.15) is 37.6 Å². The number of hydrogen-bond acceptors (Lipinski definition) is 4. The summed E-state index contributed by atoms with van der Waals surface area (Å²) in [6.45, 7) is 5.22. The molecule has 1 aliphatic heterocycles. The predicted octanol–water partition coefficient (Wildman–Crippen LogP) is 3.53. The molecule has 1 amide bonds. The van der Waals surface area contributed by atoms with Crippen molar-refractivity contribution >= 4 is 45.6 Å². The highest BCUT2D eigenvalue weighted by molar-refractivity contribution is 7.18. The number of benzene rings is 1. The molecule has 1 aromatic heterocycles. The Labute approximate surface area is 134 Å². The summed E-state index contributed by atoms with van der Waals surface area (Å²) in [4.78, 5) is 16.7. The van der Waals surface area contributed by atoms with Crippen LogP contribution < -0.4 is 10.6 Å². The Morgan fingerprint density at radius 1 is 1.48 bits per heavy atom. The lowest BCUT2D eigenvalue weighted by Gasteiger charge is -2.10. The van der Waals surface area contributed by atoms with Crippen LogP contribution in [0.25, 0.3) is 10.2 Å². The number of thiazole rings is 1. The van der Waals surface area contributed by atoms with E-state index in [1.165, 1.54) is 0 Å². The van der Waals surface area contributed by atoms with Crippen molar-refractivity contribution in [1.82, 2.24) is 10.3 Å². The van der Waals surface area contributed by atoms with Crippen LogP contribution in [0, 0.1) is 0 Å². The maximum Gasteiger partial charge on any atom is 0.241 e. The zero-order valence-corrected chi connectivity index (χ0v) is 13.8. The molecule has 1 unspecified atom stereocenters. The molecular weight excluding hydrogens is 306 g/mol. The lowest BCUT2D eigenvalue weighted by molar-refractivity contribution is -0.117. The number of carbonyl (C=O) groups excluding carboxylic acids is 1. The van der Waals surface area contributed by atoms with Crippen molar-refractivity contribution in [1.29, 1.82) is 0 Å². The molecule has 21 heavy (non-hydrogen) atoms.